The number of nitrogens with one attached hydrogen (secondary N) is 2. The lowest BCUT2D eigenvalue weighted by Gasteiger charge is -2.13. The van der Waals surface area contributed by atoms with E-state index in [4.69, 9.17) is 9.84 Å². The minimum atomic E-state index is -3.87. The largest absolute Gasteiger partial charge is 0.480 e. The van der Waals surface area contributed by atoms with E-state index in [1.807, 2.05) is 0 Å². The van der Waals surface area contributed by atoms with Crippen LogP contribution in [0.25, 0.3) is 0 Å². The Bertz CT molecular complexity index is 456. The van der Waals surface area contributed by atoms with Gasteiger partial charge in [0.1, 0.15) is 10.9 Å². The van der Waals surface area contributed by atoms with Gasteiger partial charge in [-0.05, 0) is 6.42 Å². The standard InChI is InChI=1S/C8H13N3O5S/c1-16-3-2-7(8(12)13)11-17(14,15)6-4-9-10-5-6/h4-5,7,11H,2-3H2,1H3,(H,9,10)(H,12,13). The maximum Gasteiger partial charge on any atom is 0.321 e. The molecule has 1 atom stereocenters. The molecule has 17 heavy (non-hydrogen) atoms. The quantitative estimate of drug-likeness (QED) is 0.590. The monoisotopic (exact) mass is 263 g/mol. The number of ether oxygens (including phenoxy) is 1. The number of sulfonamides is 1. The molecule has 1 aromatic heterocycles. The molecule has 0 amide bonds. The average molecular weight is 263 g/mol. The highest BCUT2D eigenvalue weighted by Crippen LogP contribution is 2.07. The molecule has 1 aromatic rings. The third kappa shape index (κ3) is 3.80. The van der Waals surface area contributed by atoms with Crippen molar-refractivity contribution in [3.8, 4) is 0 Å². The van der Waals surface area contributed by atoms with E-state index in [9.17, 15) is 13.2 Å². The molecule has 0 spiro atoms. The van der Waals surface area contributed by atoms with Crippen LogP contribution in [0.3, 0.4) is 0 Å². The first-order valence-electron chi connectivity index (χ1n) is 4.70. The van der Waals surface area contributed by atoms with Crippen molar-refractivity contribution in [1.29, 1.82) is 0 Å². The van der Waals surface area contributed by atoms with Gasteiger partial charge in [0.15, 0.2) is 0 Å². The van der Waals surface area contributed by atoms with Crippen LogP contribution in [0.5, 0.6) is 0 Å². The highest BCUT2D eigenvalue weighted by atomic mass is 32.2. The summed E-state index contributed by atoms with van der Waals surface area (Å²) in [5.74, 6) is -1.26. The van der Waals surface area contributed by atoms with Gasteiger partial charge in [0.2, 0.25) is 10.0 Å². The molecule has 1 heterocycles. The Morgan fingerprint density at radius 1 is 1.71 bits per heavy atom. The van der Waals surface area contributed by atoms with Gasteiger partial charge in [-0.25, -0.2) is 8.42 Å². The van der Waals surface area contributed by atoms with Crippen molar-refractivity contribution in [3.05, 3.63) is 12.4 Å². The molecule has 1 rings (SSSR count). The molecule has 0 aliphatic rings. The number of rotatable bonds is 7. The van der Waals surface area contributed by atoms with Crippen molar-refractivity contribution in [1.82, 2.24) is 14.9 Å². The second-order valence-electron chi connectivity index (χ2n) is 3.23. The summed E-state index contributed by atoms with van der Waals surface area (Å²) in [7, 11) is -2.47. The molecule has 9 heteroatoms. The predicted molar refractivity (Wildman–Crippen MR) is 56.8 cm³/mol. The first kappa shape index (κ1) is 13.6. The molecular formula is C8H13N3O5S. The molecule has 96 valence electrons. The number of aliphatic carboxylic acids is 1. The number of aromatic amines is 1. The first-order valence-corrected chi connectivity index (χ1v) is 6.18. The van der Waals surface area contributed by atoms with Crippen LogP contribution in [-0.4, -0.2) is 49.4 Å². The van der Waals surface area contributed by atoms with E-state index in [0.29, 0.717) is 0 Å². The van der Waals surface area contributed by atoms with Gasteiger partial charge in [-0.1, -0.05) is 0 Å². The fourth-order valence-electron chi connectivity index (χ4n) is 1.11. The fourth-order valence-corrected chi connectivity index (χ4v) is 2.24. The highest BCUT2D eigenvalue weighted by Gasteiger charge is 2.25. The summed E-state index contributed by atoms with van der Waals surface area (Å²) in [4.78, 5) is 10.7. The second-order valence-corrected chi connectivity index (χ2v) is 4.94. The van der Waals surface area contributed by atoms with Crippen molar-refractivity contribution >= 4 is 16.0 Å². The van der Waals surface area contributed by atoms with Crippen LogP contribution >= 0.6 is 0 Å². The van der Waals surface area contributed by atoms with Gasteiger partial charge in [-0.15, -0.1) is 0 Å². The molecule has 0 aliphatic heterocycles. The number of nitrogens with zero attached hydrogens (tertiary/aromatic N) is 1. The summed E-state index contributed by atoms with van der Waals surface area (Å²) in [6, 6.07) is -1.23. The third-order valence-electron chi connectivity index (χ3n) is 1.99. The van der Waals surface area contributed by atoms with Crippen LogP contribution in [0.2, 0.25) is 0 Å². The van der Waals surface area contributed by atoms with Crippen molar-refractivity contribution in [3.63, 3.8) is 0 Å². The molecule has 0 aromatic carbocycles. The van der Waals surface area contributed by atoms with E-state index in [0.717, 1.165) is 12.4 Å². The van der Waals surface area contributed by atoms with Gasteiger partial charge in [0.05, 0.1) is 6.20 Å². The minimum absolute atomic E-state index is 0.0446. The van der Waals surface area contributed by atoms with Gasteiger partial charge in [-0.2, -0.15) is 9.82 Å². The van der Waals surface area contributed by atoms with Gasteiger partial charge >= 0.3 is 5.97 Å². The van der Waals surface area contributed by atoms with Crippen molar-refractivity contribution in [2.24, 2.45) is 0 Å². The fraction of sp³-hybridized carbons (Fsp3) is 0.500. The molecule has 1 unspecified atom stereocenters. The summed E-state index contributed by atoms with van der Waals surface area (Å²) in [5.41, 5.74) is 0. The molecule has 3 N–H and O–H groups in total. The van der Waals surface area contributed by atoms with Gasteiger partial charge in [0, 0.05) is 19.9 Å². The third-order valence-corrected chi connectivity index (χ3v) is 3.43. The van der Waals surface area contributed by atoms with Crippen LogP contribution in [0.15, 0.2) is 17.3 Å². The highest BCUT2D eigenvalue weighted by molar-refractivity contribution is 7.89. The Morgan fingerprint density at radius 3 is 2.88 bits per heavy atom. The van der Waals surface area contributed by atoms with Crippen LogP contribution < -0.4 is 4.72 Å². The summed E-state index contributed by atoms with van der Waals surface area (Å²) in [6.45, 7) is 0.144. The number of aromatic nitrogens is 2. The smallest absolute Gasteiger partial charge is 0.321 e. The van der Waals surface area contributed by atoms with Gasteiger partial charge < -0.3 is 9.84 Å². The Morgan fingerprint density at radius 2 is 2.41 bits per heavy atom. The Labute approximate surface area is 98.0 Å². The van der Waals surface area contributed by atoms with Crippen LogP contribution in [-0.2, 0) is 19.6 Å². The number of carbonyl (C=O) groups is 1. The van der Waals surface area contributed by atoms with E-state index in [2.05, 4.69) is 14.9 Å². The molecule has 0 saturated heterocycles. The number of carboxylic acid groups (broad SMARTS) is 1. The minimum Gasteiger partial charge on any atom is -0.480 e. The normalized spacial score (nSPS) is 13.5. The summed E-state index contributed by atoms with van der Waals surface area (Å²) in [5, 5.41) is 14.7. The van der Waals surface area contributed by atoms with Crippen molar-refractivity contribution in [2.45, 2.75) is 17.4 Å². The maximum atomic E-state index is 11.7. The SMILES string of the molecule is COCCC(NS(=O)(=O)c1cn[nH]c1)C(=O)O. The lowest BCUT2D eigenvalue weighted by atomic mass is 10.2. The molecule has 0 saturated carbocycles. The maximum absolute atomic E-state index is 11.7. The zero-order valence-electron chi connectivity index (χ0n) is 9.08. The van der Waals surface area contributed by atoms with Crippen LogP contribution in [0.4, 0.5) is 0 Å². The number of hydrogen-bond donors (Lipinski definition) is 3. The van der Waals surface area contributed by atoms with E-state index >= 15 is 0 Å². The molecular weight excluding hydrogens is 250 g/mol. The van der Waals surface area contributed by atoms with E-state index in [-0.39, 0.29) is 17.9 Å². The molecule has 0 bridgehead atoms. The Hall–Kier alpha value is -1.45. The van der Waals surface area contributed by atoms with E-state index < -0.39 is 22.0 Å². The molecule has 0 fully saturated rings. The van der Waals surface area contributed by atoms with E-state index in [1.54, 1.807) is 0 Å². The van der Waals surface area contributed by atoms with Gasteiger partial charge in [0.25, 0.3) is 0 Å². The number of hydrogen-bond acceptors (Lipinski definition) is 5. The molecule has 8 nitrogen and oxygen atoms in total. The zero-order valence-corrected chi connectivity index (χ0v) is 9.90. The molecule has 0 aliphatic carbocycles. The van der Waals surface area contributed by atoms with Gasteiger partial charge in [-0.3, -0.25) is 9.89 Å². The summed E-state index contributed by atoms with van der Waals surface area (Å²) in [6.07, 6.45) is 2.30. The van der Waals surface area contributed by atoms with Crippen molar-refractivity contribution in [2.75, 3.05) is 13.7 Å². The van der Waals surface area contributed by atoms with Crippen LogP contribution in [0.1, 0.15) is 6.42 Å². The van der Waals surface area contributed by atoms with Crippen molar-refractivity contribution < 1.29 is 23.1 Å². The van der Waals surface area contributed by atoms with Crippen LogP contribution in [0, 0.1) is 0 Å². The lowest BCUT2D eigenvalue weighted by molar-refractivity contribution is -0.139. The topological polar surface area (TPSA) is 121 Å². The number of methoxy groups -OCH3 is 1. The first-order chi connectivity index (χ1) is 7.97. The second kappa shape index (κ2) is 5.75. The Balaban J connectivity index is 2.76. The summed E-state index contributed by atoms with van der Waals surface area (Å²) < 4.78 is 30.2. The predicted octanol–water partition coefficient (Wildman–Crippen LogP) is -0.822. The number of carboxylic acids is 1. The molecule has 0 radical (unpaired) electrons. The zero-order chi connectivity index (χ0) is 12.9. The lowest BCUT2D eigenvalue weighted by Crippen LogP contribution is -2.41. The van der Waals surface area contributed by atoms with E-state index in [1.165, 1.54) is 7.11 Å². The number of H-pyrrole nitrogens is 1. The summed E-state index contributed by atoms with van der Waals surface area (Å²) >= 11 is 0. The Kier molecular flexibility index (Phi) is 4.61. The average Bonchev–Trinajstić information content (AvgIpc) is 2.77.